The Hall–Kier alpha value is -3.33. The van der Waals surface area contributed by atoms with Gasteiger partial charge in [0.2, 0.25) is 0 Å². The molecule has 0 fully saturated rings. The van der Waals surface area contributed by atoms with E-state index in [1.807, 2.05) is 30.3 Å². The quantitative estimate of drug-likeness (QED) is 0.179. The maximum absolute atomic E-state index is 4.80. The van der Waals surface area contributed by atoms with E-state index >= 15 is 0 Å². The van der Waals surface area contributed by atoms with Crippen LogP contribution in [0.5, 0.6) is 0 Å². The van der Waals surface area contributed by atoms with Crippen molar-refractivity contribution in [2.75, 3.05) is 0 Å². The second kappa shape index (κ2) is 10.8. The van der Waals surface area contributed by atoms with E-state index in [0.717, 1.165) is 39.6 Å². The maximum atomic E-state index is 4.80. The van der Waals surface area contributed by atoms with Gasteiger partial charge in [0.05, 0.1) is 5.82 Å². The second-order valence-electron chi connectivity index (χ2n) is 11.6. The summed E-state index contributed by atoms with van der Waals surface area (Å²) < 4.78 is 2.21. The van der Waals surface area contributed by atoms with E-state index < -0.39 is 0 Å². The zero-order chi connectivity index (χ0) is 26.2. The third-order valence-electron chi connectivity index (χ3n) is 6.77. The molecule has 0 spiro atoms. The van der Waals surface area contributed by atoms with Crippen LogP contribution >= 0.6 is 0 Å². The van der Waals surface area contributed by atoms with Gasteiger partial charge in [-0.05, 0) is 45.2 Å². The summed E-state index contributed by atoms with van der Waals surface area (Å²) in [4.78, 5) is 0. The Bertz CT molecular complexity index is 1490. The van der Waals surface area contributed by atoms with Crippen LogP contribution < -0.4 is 0 Å². The van der Waals surface area contributed by atoms with Gasteiger partial charge in [0, 0.05) is 31.4 Å². The van der Waals surface area contributed by atoms with Gasteiger partial charge in [-0.3, -0.25) is 0 Å². The summed E-state index contributed by atoms with van der Waals surface area (Å²) in [6, 6.07) is 37.2. The van der Waals surface area contributed by atoms with Gasteiger partial charge in [-0.2, -0.15) is 5.10 Å². The van der Waals surface area contributed by atoms with Gasteiger partial charge in [-0.25, -0.2) is 0 Å². The number of nitrogens with zero attached hydrogens (tertiary/aromatic N) is 3. The molecule has 0 N–H and O–H groups in total. The summed E-state index contributed by atoms with van der Waals surface area (Å²) in [5.41, 5.74) is 7.85. The first-order valence-corrected chi connectivity index (χ1v) is 12.9. The van der Waals surface area contributed by atoms with Gasteiger partial charge < -0.3 is 4.57 Å². The van der Waals surface area contributed by atoms with Gasteiger partial charge in [0.1, 0.15) is 0 Å². The molecule has 4 aromatic carbocycles. The predicted molar refractivity (Wildman–Crippen MR) is 154 cm³/mol. The van der Waals surface area contributed by atoms with Crippen LogP contribution in [0.25, 0.3) is 39.6 Å². The molecule has 5 rings (SSSR count). The van der Waals surface area contributed by atoms with Crippen LogP contribution in [0, 0.1) is 6.07 Å². The molecule has 0 bridgehead atoms. The second-order valence-corrected chi connectivity index (χ2v) is 11.6. The van der Waals surface area contributed by atoms with E-state index in [4.69, 9.17) is 10.2 Å². The molecule has 3 nitrogen and oxygen atoms in total. The van der Waals surface area contributed by atoms with Crippen LogP contribution in [0.15, 0.2) is 97.1 Å². The molecule has 38 heavy (non-hydrogen) atoms. The molecule has 0 atom stereocenters. The zero-order valence-electron chi connectivity index (χ0n) is 22.9. The molecule has 5 aromatic rings. The Balaban J connectivity index is 0.00000336. The summed E-state index contributed by atoms with van der Waals surface area (Å²) in [7, 11) is 0. The molecule has 0 amide bonds. The maximum Gasteiger partial charge on any atom is 0.160 e. The number of rotatable bonds is 4. The molecule has 0 aliphatic carbocycles. The zero-order valence-corrected chi connectivity index (χ0v) is 25.3. The van der Waals surface area contributed by atoms with Crippen molar-refractivity contribution in [1.29, 1.82) is 0 Å². The molecule has 1 heterocycles. The first-order valence-electron chi connectivity index (χ1n) is 12.9. The Morgan fingerprint density at radius 1 is 0.605 bits per heavy atom. The van der Waals surface area contributed by atoms with Crippen LogP contribution in [0.3, 0.4) is 0 Å². The summed E-state index contributed by atoms with van der Waals surface area (Å²) in [5, 5.41) is 9.54. The van der Waals surface area contributed by atoms with E-state index in [0.29, 0.717) is 0 Å². The number of aromatic nitrogens is 3. The predicted octanol–water partition coefficient (Wildman–Crippen LogP) is 8.66. The molecular weight excluding hydrogens is 643 g/mol. The van der Waals surface area contributed by atoms with Crippen LogP contribution in [-0.2, 0) is 30.9 Å². The van der Waals surface area contributed by atoms with Crippen molar-refractivity contribution in [3.05, 3.63) is 114 Å². The Kier molecular flexibility index (Phi) is 7.88. The fourth-order valence-electron chi connectivity index (χ4n) is 4.56. The SMILES string of the molecule is CC(C)(C)c1cc(-n2c(-c3[c-]cccc3)nnc2-c2ccccc2-c2ccccc2)cc(C(C)(C)C)c1.[Ir]. The van der Waals surface area contributed by atoms with E-state index in [1.165, 1.54) is 11.1 Å². The van der Waals surface area contributed by atoms with Crippen molar-refractivity contribution in [3.63, 3.8) is 0 Å². The van der Waals surface area contributed by atoms with E-state index in [1.54, 1.807) is 0 Å². The number of hydrogen-bond acceptors (Lipinski definition) is 2. The van der Waals surface area contributed by atoms with Gasteiger partial charge >= 0.3 is 0 Å². The van der Waals surface area contributed by atoms with Crippen molar-refractivity contribution in [2.24, 2.45) is 0 Å². The van der Waals surface area contributed by atoms with E-state index in [2.05, 4.69) is 119 Å². The molecular formula is C34H34IrN3-. The molecule has 0 aliphatic rings. The molecule has 0 saturated carbocycles. The first kappa shape index (κ1) is 27.7. The summed E-state index contributed by atoms with van der Waals surface area (Å²) in [6.45, 7) is 13.6. The van der Waals surface area contributed by atoms with Gasteiger partial charge in [-0.15, -0.1) is 41.0 Å². The first-order chi connectivity index (χ1) is 17.6. The van der Waals surface area contributed by atoms with Crippen LogP contribution in [0.2, 0.25) is 0 Å². The van der Waals surface area contributed by atoms with E-state index in [9.17, 15) is 0 Å². The molecule has 195 valence electrons. The Labute approximate surface area is 240 Å². The smallest absolute Gasteiger partial charge is 0.160 e. The van der Waals surface area contributed by atoms with Crippen molar-refractivity contribution in [2.45, 2.75) is 52.4 Å². The Morgan fingerprint density at radius 2 is 1.16 bits per heavy atom. The molecule has 0 saturated heterocycles. The van der Waals surface area contributed by atoms with Crippen LogP contribution in [0.1, 0.15) is 52.7 Å². The summed E-state index contributed by atoms with van der Waals surface area (Å²) in [5.74, 6) is 1.60. The molecule has 1 aromatic heterocycles. The largest absolute Gasteiger partial charge is 0.316 e. The fourth-order valence-corrected chi connectivity index (χ4v) is 4.56. The summed E-state index contributed by atoms with van der Waals surface area (Å²) >= 11 is 0. The standard InChI is InChI=1S/C34H34N3.Ir/c1-33(2,3)26-21-27(34(4,5)6)23-28(22-26)37-31(25-17-11-8-12-18-25)35-36-32(37)30-20-14-13-19-29(30)24-15-9-7-10-16-24;/h7-17,19-23H,1-6H3;/q-1;. The fraction of sp³-hybridized carbons (Fsp3) is 0.235. The molecule has 1 radical (unpaired) electrons. The summed E-state index contributed by atoms with van der Waals surface area (Å²) in [6.07, 6.45) is 0. The van der Waals surface area contributed by atoms with E-state index in [-0.39, 0.29) is 30.9 Å². The monoisotopic (exact) mass is 677 g/mol. The molecule has 0 aliphatic heterocycles. The topological polar surface area (TPSA) is 30.7 Å². The molecule has 4 heteroatoms. The van der Waals surface area contributed by atoms with Crippen molar-refractivity contribution in [3.8, 4) is 39.6 Å². The minimum Gasteiger partial charge on any atom is -0.316 e. The normalized spacial score (nSPS) is 11.7. The van der Waals surface area contributed by atoms with Gasteiger partial charge in [-0.1, -0.05) is 102 Å². The number of benzene rings is 4. The Morgan fingerprint density at radius 3 is 1.74 bits per heavy atom. The minimum absolute atomic E-state index is 0. The van der Waals surface area contributed by atoms with Gasteiger partial charge in [0.25, 0.3) is 0 Å². The van der Waals surface area contributed by atoms with Crippen molar-refractivity contribution in [1.82, 2.24) is 14.8 Å². The van der Waals surface area contributed by atoms with Crippen LogP contribution in [0.4, 0.5) is 0 Å². The van der Waals surface area contributed by atoms with Crippen molar-refractivity contribution >= 4 is 0 Å². The third kappa shape index (κ3) is 5.57. The minimum atomic E-state index is -0.00877. The average molecular weight is 677 g/mol. The van der Waals surface area contributed by atoms with Crippen molar-refractivity contribution < 1.29 is 20.1 Å². The molecule has 0 unspecified atom stereocenters. The van der Waals surface area contributed by atoms with Gasteiger partial charge in [0.15, 0.2) is 5.82 Å². The average Bonchev–Trinajstić information content (AvgIpc) is 3.34. The van der Waals surface area contributed by atoms with Crippen LogP contribution in [-0.4, -0.2) is 14.8 Å². The third-order valence-corrected chi connectivity index (χ3v) is 6.77. The number of hydrogen-bond donors (Lipinski definition) is 0.